The molecule has 10 rings (SSSR count). The molecule has 0 radical (unpaired) electrons. The van der Waals surface area contributed by atoms with Crippen molar-refractivity contribution in [3.63, 3.8) is 0 Å². The fourth-order valence-corrected chi connectivity index (χ4v) is 12.2. The van der Waals surface area contributed by atoms with E-state index in [1.54, 1.807) is 37.5 Å². The minimum atomic E-state index is -0.383. The Balaban J connectivity index is 0.737. The molecular weight excluding hydrogens is 900 g/mol. The lowest BCUT2D eigenvalue weighted by atomic mass is 9.49. The van der Waals surface area contributed by atoms with Crippen molar-refractivity contribution in [3.05, 3.63) is 112 Å². The Morgan fingerprint density at radius 3 is 2.37 bits per heavy atom. The molecule has 1 aliphatic carbocycles. The molecule has 14 nitrogen and oxygen atoms in total. The molecule has 6 aromatic rings. The lowest BCUT2D eigenvalue weighted by Gasteiger charge is -2.63. The van der Waals surface area contributed by atoms with Crippen molar-refractivity contribution >= 4 is 40.1 Å². The first-order chi connectivity index (χ1) is 33.7. The second-order valence-corrected chi connectivity index (χ2v) is 21.4. The number of ether oxygens (including phenoxy) is 2. The zero-order valence-electron chi connectivity index (χ0n) is 40.9. The number of hydrogen-bond donors (Lipinski definition) is 1. The number of nitrogens with one attached hydrogen (secondary N) is 1. The van der Waals surface area contributed by atoms with E-state index in [1.165, 1.54) is 5.69 Å². The Morgan fingerprint density at radius 2 is 1.69 bits per heavy atom. The quantitative estimate of drug-likeness (QED) is 0.131. The van der Waals surface area contributed by atoms with Crippen LogP contribution in [0.3, 0.4) is 0 Å². The molecule has 15 heteroatoms. The maximum atomic E-state index is 13.5. The van der Waals surface area contributed by atoms with Gasteiger partial charge in [0.15, 0.2) is 0 Å². The molecule has 1 atom stereocenters. The van der Waals surface area contributed by atoms with Gasteiger partial charge in [-0.2, -0.15) is 10.4 Å². The van der Waals surface area contributed by atoms with Crippen LogP contribution < -0.4 is 15.0 Å². The maximum Gasteiger partial charge on any atom is 0.254 e. The van der Waals surface area contributed by atoms with Crippen molar-refractivity contribution < 1.29 is 19.1 Å². The van der Waals surface area contributed by atoms with Crippen LogP contribution in [-0.4, -0.2) is 91.4 Å². The smallest absolute Gasteiger partial charge is 0.254 e. The zero-order valence-corrected chi connectivity index (χ0v) is 41.7. The minimum absolute atomic E-state index is 0.0876. The molecule has 1 N–H and O–H groups in total. The van der Waals surface area contributed by atoms with Crippen LogP contribution >= 0.6 is 11.6 Å². The molecule has 3 aliphatic heterocycles. The number of nitriles is 1. The normalized spacial score (nSPS) is 20.5. The first-order valence-electron chi connectivity index (χ1n) is 24.7. The van der Waals surface area contributed by atoms with Crippen molar-refractivity contribution in [1.29, 1.82) is 5.26 Å². The summed E-state index contributed by atoms with van der Waals surface area (Å²) in [6.07, 6.45) is 12.7. The first kappa shape index (κ1) is 47.3. The van der Waals surface area contributed by atoms with Gasteiger partial charge >= 0.3 is 0 Å². The van der Waals surface area contributed by atoms with E-state index in [-0.39, 0.29) is 34.8 Å². The van der Waals surface area contributed by atoms with Crippen LogP contribution in [0.4, 0.5) is 5.95 Å². The van der Waals surface area contributed by atoms with Crippen molar-refractivity contribution in [3.8, 4) is 34.3 Å². The topological polar surface area (TPSA) is 164 Å². The van der Waals surface area contributed by atoms with Crippen LogP contribution in [0, 0.1) is 28.1 Å². The number of fused-ring (bicyclic) bond motifs is 2. The molecular formula is C55H61ClN10O4. The van der Waals surface area contributed by atoms with Crippen LogP contribution in [0.15, 0.2) is 79.4 Å². The third-order valence-corrected chi connectivity index (χ3v) is 15.9. The molecule has 4 aliphatic rings. The number of carbonyl (C=O) groups excluding carboxylic acids is 2. The number of pyridine rings is 2. The molecule has 1 unspecified atom stereocenters. The summed E-state index contributed by atoms with van der Waals surface area (Å²) in [6, 6.07) is 20.1. The van der Waals surface area contributed by atoms with Gasteiger partial charge in [-0.05, 0) is 79.7 Å². The highest BCUT2D eigenvalue weighted by Gasteiger charge is 2.64. The van der Waals surface area contributed by atoms with Gasteiger partial charge in [0, 0.05) is 134 Å². The van der Waals surface area contributed by atoms with Crippen LogP contribution in [0.1, 0.15) is 118 Å². The number of carbonyl (C=O) groups is 2. The number of benzene rings is 2. The third kappa shape index (κ3) is 8.98. The minimum Gasteiger partial charge on any atom is -0.489 e. The number of rotatable bonds is 11. The maximum absolute atomic E-state index is 13.5. The molecule has 4 aromatic heterocycles. The van der Waals surface area contributed by atoms with Crippen LogP contribution in [0.5, 0.6) is 5.75 Å². The largest absolute Gasteiger partial charge is 0.489 e. The average molecular weight is 962 g/mol. The summed E-state index contributed by atoms with van der Waals surface area (Å²) in [6.45, 7) is 16.7. The van der Waals surface area contributed by atoms with Gasteiger partial charge in [-0.25, -0.2) is 9.97 Å². The molecule has 362 valence electrons. The van der Waals surface area contributed by atoms with E-state index in [0.29, 0.717) is 58.8 Å². The third-order valence-electron chi connectivity index (χ3n) is 15.6. The van der Waals surface area contributed by atoms with E-state index in [2.05, 4.69) is 102 Å². The van der Waals surface area contributed by atoms with E-state index in [4.69, 9.17) is 36.1 Å². The highest BCUT2D eigenvalue weighted by molar-refractivity contribution is 6.31. The summed E-state index contributed by atoms with van der Waals surface area (Å²) >= 11 is 6.27. The van der Waals surface area contributed by atoms with Gasteiger partial charge in [-0.15, -0.1) is 0 Å². The highest BCUT2D eigenvalue weighted by atomic mass is 35.5. The molecule has 0 spiro atoms. The van der Waals surface area contributed by atoms with E-state index in [9.17, 15) is 14.9 Å². The predicted molar refractivity (Wildman–Crippen MR) is 269 cm³/mol. The van der Waals surface area contributed by atoms with Gasteiger partial charge < -0.3 is 24.6 Å². The lowest BCUT2D eigenvalue weighted by molar-refractivity contribution is -0.164. The summed E-state index contributed by atoms with van der Waals surface area (Å²) in [7, 11) is 0. The number of aromatic nitrogens is 6. The number of anilines is 1. The molecule has 3 fully saturated rings. The van der Waals surface area contributed by atoms with Gasteiger partial charge in [0.25, 0.3) is 5.91 Å². The molecule has 2 aromatic carbocycles. The fraction of sp³-hybridized carbons (Fsp3) is 0.455. The number of piperidine rings is 1. The Bertz CT molecular complexity index is 2950. The number of amides is 2. The van der Waals surface area contributed by atoms with E-state index < -0.39 is 0 Å². The number of halogens is 1. The summed E-state index contributed by atoms with van der Waals surface area (Å²) in [4.78, 5) is 49.4. The standard InChI is InChI=1S/C55H61ClN10O4/c1-33(24-35-14-19-64(20-15-35)53-60-29-39(30-61-53)50(68)62-51-54(3,4)52(55(51,5)6)70-41-12-10-37(27-57)45(56)26-41)46-13-11-38(28-58-46)47-25-36-8-7-9-42(43(36)31-59-47)49-44-32-65(34(2)67)21-16-48(44)66(63-49)40-17-22-69-23-18-40/h7-13,25-26,28-31,33,35,40,51-52H,14-24,32H2,1-6H3,(H,62,68). The van der Waals surface area contributed by atoms with E-state index in [1.807, 2.05) is 17.3 Å². The van der Waals surface area contributed by atoms with Gasteiger partial charge in [-0.1, -0.05) is 64.4 Å². The summed E-state index contributed by atoms with van der Waals surface area (Å²) in [5, 5.41) is 20.2. The second-order valence-electron chi connectivity index (χ2n) is 21.0. The van der Waals surface area contributed by atoms with Crippen molar-refractivity contribution in [2.45, 2.75) is 111 Å². The summed E-state index contributed by atoms with van der Waals surface area (Å²) in [5.41, 5.74) is 7.32. The van der Waals surface area contributed by atoms with Crippen LogP contribution in [-0.2, 0) is 22.5 Å². The highest BCUT2D eigenvalue weighted by Crippen LogP contribution is 2.55. The van der Waals surface area contributed by atoms with Gasteiger partial charge in [0.05, 0.1) is 33.6 Å². The zero-order chi connectivity index (χ0) is 48.9. The number of nitrogens with zero attached hydrogens (tertiary/aromatic N) is 9. The van der Waals surface area contributed by atoms with E-state index >= 15 is 0 Å². The Morgan fingerprint density at radius 1 is 0.929 bits per heavy atom. The average Bonchev–Trinajstić information content (AvgIpc) is 3.76. The molecule has 70 heavy (non-hydrogen) atoms. The Hall–Kier alpha value is -6.43. The van der Waals surface area contributed by atoms with Crippen molar-refractivity contribution in [2.24, 2.45) is 16.7 Å². The number of hydrogen-bond acceptors (Lipinski definition) is 11. The van der Waals surface area contributed by atoms with Crippen molar-refractivity contribution in [1.82, 2.24) is 39.9 Å². The van der Waals surface area contributed by atoms with Gasteiger partial charge in [0.1, 0.15) is 17.9 Å². The SMILES string of the molecule is CC(=O)N1CCc2c(c(-c3cccc4cc(-c5ccc(C(C)CC6CCN(c7ncc(C(=O)NC8C(C)(C)C(Oc9ccc(C#N)c(Cl)c9)C8(C)C)cn7)CC6)nc5)ncc34)nn2C2CCOCC2)C1. The molecule has 0 bridgehead atoms. The molecule has 2 amide bonds. The Labute approximate surface area is 414 Å². The lowest BCUT2D eigenvalue weighted by Crippen LogP contribution is -2.74. The molecule has 2 saturated heterocycles. The molecule has 1 saturated carbocycles. The first-order valence-corrected chi connectivity index (χ1v) is 25.1. The van der Waals surface area contributed by atoms with Crippen LogP contribution in [0.2, 0.25) is 5.02 Å². The predicted octanol–water partition coefficient (Wildman–Crippen LogP) is 9.75. The summed E-state index contributed by atoms with van der Waals surface area (Å²) < 4.78 is 14.3. The van der Waals surface area contributed by atoms with Gasteiger partial charge in [-0.3, -0.25) is 24.2 Å². The second kappa shape index (κ2) is 19.1. The monoisotopic (exact) mass is 960 g/mol. The van der Waals surface area contributed by atoms with E-state index in [0.717, 1.165) is 109 Å². The van der Waals surface area contributed by atoms with Crippen LogP contribution in [0.25, 0.3) is 33.3 Å². The van der Waals surface area contributed by atoms with Gasteiger partial charge in [0.2, 0.25) is 11.9 Å². The molecule has 7 heterocycles. The summed E-state index contributed by atoms with van der Waals surface area (Å²) in [5.74, 6) is 1.93. The Kier molecular flexibility index (Phi) is 12.9. The van der Waals surface area contributed by atoms with Crippen molar-refractivity contribution in [2.75, 3.05) is 37.7 Å². The fourth-order valence-electron chi connectivity index (χ4n) is 11.9.